The second-order valence-corrected chi connectivity index (χ2v) is 5.35. The quantitative estimate of drug-likeness (QED) is 0.715. The van der Waals surface area contributed by atoms with Gasteiger partial charge in [-0.25, -0.2) is 0 Å². The minimum Gasteiger partial charge on any atom is -0.272 e. The molecule has 0 radical (unpaired) electrons. The van der Waals surface area contributed by atoms with E-state index in [1.165, 1.54) is 0 Å². The summed E-state index contributed by atoms with van der Waals surface area (Å²) in [5, 5.41) is 4.10. The fourth-order valence-electron chi connectivity index (χ4n) is 1.76. The molecule has 2 nitrogen and oxygen atoms in total. The molecule has 0 unspecified atom stereocenters. The lowest BCUT2D eigenvalue weighted by atomic mass is 10.1. The lowest BCUT2D eigenvalue weighted by molar-refractivity contribution is -0.136. The highest BCUT2D eigenvalue weighted by molar-refractivity contribution is 14.1. The Hall–Kier alpha value is -1.05. The third-order valence-electron chi connectivity index (χ3n) is 2.67. The number of nitrogens with zero attached hydrogens (tertiary/aromatic N) is 2. The number of halogens is 4. The van der Waals surface area contributed by atoms with Crippen LogP contribution in [0.15, 0.2) is 36.7 Å². The van der Waals surface area contributed by atoms with E-state index >= 15 is 0 Å². The monoisotopic (exact) mass is 380 g/mol. The van der Waals surface area contributed by atoms with Gasteiger partial charge in [0.1, 0.15) is 0 Å². The number of aromatic nitrogens is 2. The molecule has 0 amide bonds. The molecular weight excluding hydrogens is 368 g/mol. The minimum absolute atomic E-state index is 0.0521. The van der Waals surface area contributed by atoms with Crippen LogP contribution in [0.5, 0.6) is 0 Å². The number of rotatable bonds is 4. The average molecular weight is 380 g/mol. The van der Waals surface area contributed by atoms with E-state index in [9.17, 15) is 13.2 Å². The van der Waals surface area contributed by atoms with Gasteiger partial charge in [0.15, 0.2) is 0 Å². The van der Waals surface area contributed by atoms with Gasteiger partial charge in [-0.2, -0.15) is 18.3 Å². The van der Waals surface area contributed by atoms with E-state index in [1.807, 2.05) is 24.3 Å². The normalized spacial score (nSPS) is 11.8. The smallest absolute Gasteiger partial charge is 0.272 e. The van der Waals surface area contributed by atoms with E-state index in [0.717, 1.165) is 14.7 Å². The molecule has 0 atom stereocenters. The molecule has 1 aromatic heterocycles. The summed E-state index contributed by atoms with van der Waals surface area (Å²) in [5.74, 6) is 0. The van der Waals surface area contributed by atoms with Crippen molar-refractivity contribution in [2.75, 3.05) is 0 Å². The Kier molecular flexibility index (Phi) is 4.49. The minimum atomic E-state index is -4.09. The van der Waals surface area contributed by atoms with Crippen LogP contribution in [0.3, 0.4) is 0 Å². The molecule has 2 aromatic rings. The van der Waals surface area contributed by atoms with Crippen LogP contribution in [0.4, 0.5) is 13.2 Å². The van der Waals surface area contributed by atoms with Crippen LogP contribution in [-0.4, -0.2) is 16.0 Å². The van der Waals surface area contributed by atoms with Crippen LogP contribution in [0.25, 0.3) is 11.1 Å². The van der Waals surface area contributed by atoms with Gasteiger partial charge in [-0.3, -0.25) is 4.68 Å². The molecule has 0 bridgehead atoms. The summed E-state index contributed by atoms with van der Waals surface area (Å²) in [4.78, 5) is 0. The Morgan fingerprint density at radius 2 is 1.95 bits per heavy atom. The summed E-state index contributed by atoms with van der Waals surface area (Å²) < 4.78 is 38.8. The van der Waals surface area contributed by atoms with E-state index in [4.69, 9.17) is 0 Å². The zero-order valence-electron chi connectivity index (χ0n) is 9.99. The molecule has 2 rings (SSSR count). The van der Waals surface area contributed by atoms with E-state index in [-0.39, 0.29) is 13.0 Å². The summed E-state index contributed by atoms with van der Waals surface area (Å²) in [7, 11) is 0. The molecule has 0 fully saturated rings. The predicted octanol–water partition coefficient (Wildman–Crippen LogP) is 4.50. The largest absolute Gasteiger partial charge is 0.389 e. The van der Waals surface area contributed by atoms with E-state index in [0.29, 0.717) is 0 Å². The van der Waals surface area contributed by atoms with Crippen molar-refractivity contribution in [1.82, 2.24) is 9.78 Å². The molecule has 0 aliphatic rings. The van der Waals surface area contributed by atoms with Gasteiger partial charge in [0.2, 0.25) is 0 Å². The summed E-state index contributed by atoms with van der Waals surface area (Å²) in [5.41, 5.74) is 1.97. The van der Waals surface area contributed by atoms with Crippen molar-refractivity contribution >= 4 is 22.6 Å². The topological polar surface area (TPSA) is 17.8 Å². The Bertz CT molecular complexity index is 549. The maximum atomic E-state index is 12.1. The summed E-state index contributed by atoms with van der Waals surface area (Å²) >= 11 is 2.23. The lowest BCUT2D eigenvalue weighted by Crippen LogP contribution is -2.09. The molecule has 1 heterocycles. The molecular formula is C13H12F3IN2. The van der Waals surface area contributed by atoms with Gasteiger partial charge in [0.25, 0.3) is 0 Å². The van der Waals surface area contributed by atoms with Gasteiger partial charge in [0, 0.05) is 28.3 Å². The van der Waals surface area contributed by atoms with Crippen molar-refractivity contribution in [2.45, 2.75) is 25.6 Å². The fraction of sp³-hybridized carbons (Fsp3) is 0.308. The van der Waals surface area contributed by atoms with Crippen LogP contribution >= 0.6 is 22.6 Å². The number of hydrogen-bond acceptors (Lipinski definition) is 1. The zero-order valence-corrected chi connectivity index (χ0v) is 12.1. The molecule has 0 N–H and O–H groups in total. The van der Waals surface area contributed by atoms with Crippen molar-refractivity contribution in [2.24, 2.45) is 0 Å². The van der Waals surface area contributed by atoms with Gasteiger partial charge >= 0.3 is 6.18 Å². The van der Waals surface area contributed by atoms with Gasteiger partial charge in [-0.15, -0.1) is 0 Å². The number of alkyl halides is 3. The molecule has 0 aliphatic carbocycles. The van der Waals surface area contributed by atoms with Crippen molar-refractivity contribution < 1.29 is 13.2 Å². The van der Waals surface area contributed by atoms with Gasteiger partial charge in [-0.1, -0.05) is 18.2 Å². The third kappa shape index (κ3) is 4.22. The molecule has 1 aromatic carbocycles. The predicted molar refractivity (Wildman–Crippen MR) is 75.7 cm³/mol. The van der Waals surface area contributed by atoms with Crippen LogP contribution in [0.2, 0.25) is 0 Å². The highest BCUT2D eigenvalue weighted by Crippen LogP contribution is 2.25. The Balaban J connectivity index is 2.02. The second kappa shape index (κ2) is 5.94. The highest BCUT2D eigenvalue weighted by atomic mass is 127. The van der Waals surface area contributed by atoms with Gasteiger partial charge in [-0.05, 0) is 40.6 Å². The first-order valence-corrected chi connectivity index (χ1v) is 6.88. The first kappa shape index (κ1) is 14.4. The van der Waals surface area contributed by atoms with E-state index < -0.39 is 12.6 Å². The molecule has 102 valence electrons. The van der Waals surface area contributed by atoms with Crippen LogP contribution in [-0.2, 0) is 6.54 Å². The molecule has 0 aliphatic heterocycles. The fourth-order valence-corrected chi connectivity index (χ4v) is 2.46. The standard InChI is InChI=1S/C13H12F3IN2/c14-13(15,16)6-3-7-19-9-10(8-18-19)11-4-1-2-5-12(11)17/h1-2,4-5,8-9H,3,6-7H2. The molecule has 0 spiro atoms. The van der Waals surface area contributed by atoms with Crippen LogP contribution < -0.4 is 0 Å². The molecule has 6 heteroatoms. The number of aryl methyl sites for hydroxylation is 1. The first-order chi connectivity index (χ1) is 8.96. The summed E-state index contributed by atoms with van der Waals surface area (Å²) in [6.45, 7) is 0.281. The van der Waals surface area contributed by atoms with Crippen LogP contribution in [0.1, 0.15) is 12.8 Å². The zero-order chi connectivity index (χ0) is 13.9. The molecule has 19 heavy (non-hydrogen) atoms. The summed E-state index contributed by atoms with van der Waals surface area (Å²) in [6.07, 6.45) is -1.34. The van der Waals surface area contributed by atoms with E-state index in [1.54, 1.807) is 17.1 Å². The Morgan fingerprint density at radius 3 is 2.63 bits per heavy atom. The van der Waals surface area contributed by atoms with Crippen molar-refractivity contribution in [3.63, 3.8) is 0 Å². The van der Waals surface area contributed by atoms with Gasteiger partial charge < -0.3 is 0 Å². The SMILES string of the molecule is FC(F)(F)CCCn1cc(-c2ccccc2I)cn1. The number of benzene rings is 1. The summed E-state index contributed by atoms with van der Waals surface area (Å²) in [6, 6.07) is 7.83. The lowest BCUT2D eigenvalue weighted by Gasteiger charge is -2.05. The number of hydrogen-bond donors (Lipinski definition) is 0. The van der Waals surface area contributed by atoms with Gasteiger partial charge in [0.05, 0.1) is 6.20 Å². The maximum absolute atomic E-state index is 12.1. The highest BCUT2D eigenvalue weighted by Gasteiger charge is 2.26. The van der Waals surface area contributed by atoms with Crippen molar-refractivity contribution in [3.8, 4) is 11.1 Å². The molecule has 0 saturated heterocycles. The average Bonchev–Trinajstić information content (AvgIpc) is 2.76. The van der Waals surface area contributed by atoms with Crippen molar-refractivity contribution in [3.05, 3.63) is 40.2 Å². The second-order valence-electron chi connectivity index (χ2n) is 4.19. The first-order valence-electron chi connectivity index (χ1n) is 5.80. The Labute approximate surface area is 122 Å². The third-order valence-corrected chi connectivity index (χ3v) is 3.61. The van der Waals surface area contributed by atoms with Crippen LogP contribution in [0, 0.1) is 3.57 Å². The molecule has 0 saturated carbocycles. The van der Waals surface area contributed by atoms with Crippen molar-refractivity contribution in [1.29, 1.82) is 0 Å². The Morgan fingerprint density at radius 1 is 1.21 bits per heavy atom. The maximum Gasteiger partial charge on any atom is 0.389 e. The van der Waals surface area contributed by atoms with E-state index in [2.05, 4.69) is 27.7 Å².